The van der Waals surface area contributed by atoms with Crippen molar-refractivity contribution >= 4 is 52.0 Å². The van der Waals surface area contributed by atoms with Gasteiger partial charge in [0, 0.05) is 105 Å². The fraction of sp³-hybridized carbons (Fsp3) is 0.531. The van der Waals surface area contributed by atoms with Crippen LogP contribution in [0.2, 0.25) is 0 Å². The molecule has 3 aromatic heterocycles. The number of pyridine rings is 1. The standard InChI is InChI=1S/C49H63N9O7S/c1-10-38(59)54(7)24-29-18-21-56(25-29)48(63)55(8)42(28(3)4)45(60)52-34-23-37-51-35(26-66-37)30-16-17-36-32(22-30)39-40(44(64-9)41-31(14-12-19-50-41)43(39)57(36)11-2)49(5,6)27-65-47(62)33-15-13-20-58(53-33)46(34)61/h10,12,14,16-17,19,22,26,28-29,33-34,40,42,44,53H,1,11,13,15,18,20-21,23-25,27H2,2-9H3,(H,52,60)/t29-,33-,34?,40?,42-,44-/m0/s1. The molecule has 0 radical (unpaired) electrons. The van der Waals surface area contributed by atoms with Crippen LogP contribution in [0.25, 0.3) is 33.4 Å². The zero-order valence-electron chi connectivity index (χ0n) is 39.3. The number of rotatable bonds is 9. The zero-order valence-corrected chi connectivity index (χ0v) is 40.2. The highest BCUT2D eigenvalue weighted by Gasteiger charge is 2.48. The maximum Gasteiger partial charge on any atom is 0.324 e. The first-order chi connectivity index (χ1) is 31.6. The Hall–Kier alpha value is -5.65. The highest BCUT2D eigenvalue weighted by molar-refractivity contribution is 7.10. The van der Waals surface area contributed by atoms with Crippen LogP contribution in [0.1, 0.15) is 82.2 Å². The van der Waals surface area contributed by atoms with Crippen molar-refractivity contribution in [1.82, 2.24) is 45.0 Å². The molecule has 6 heterocycles. The number of urea groups is 1. The lowest BCUT2D eigenvalue weighted by atomic mass is 9.67. The number of fused-ring (bicyclic) bond motifs is 8. The molecular weight excluding hydrogens is 859 g/mol. The molecule has 8 rings (SSSR count). The predicted octanol–water partition coefficient (Wildman–Crippen LogP) is 5.78. The number of carbonyl (C=O) groups excluding carboxylic acids is 5. The van der Waals surface area contributed by atoms with E-state index in [9.17, 15) is 24.0 Å². The lowest BCUT2D eigenvalue weighted by Gasteiger charge is -2.42. The van der Waals surface area contributed by atoms with E-state index in [-0.39, 0.29) is 42.7 Å². The molecule has 5 amide bonds. The second-order valence-electron chi connectivity index (χ2n) is 19.2. The number of thiazole rings is 1. The average molecular weight is 922 g/mol. The van der Waals surface area contributed by atoms with Gasteiger partial charge < -0.3 is 34.1 Å². The number of likely N-dealkylation sites (N-methyl/N-ethyl adjacent to an activating group) is 2. The number of amides is 5. The molecule has 2 N–H and O–H groups in total. The Morgan fingerprint density at radius 1 is 1.15 bits per heavy atom. The molecule has 6 bridgehead atoms. The molecule has 16 nitrogen and oxygen atoms in total. The van der Waals surface area contributed by atoms with Gasteiger partial charge in [-0.2, -0.15) is 0 Å². The Balaban J connectivity index is 1.14. The van der Waals surface area contributed by atoms with Crippen LogP contribution in [0, 0.1) is 17.3 Å². The van der Waals surface area contributed by atoms with Crippen LogP contribution in [-0.2, 0) is 41.6 Å². The number of aromatic nitrogens is 3. The van der Waals surface area contributed by atoms with Gasteiger partial charge in [-0.05, 0) is 73.9 Å². The van der Waals surface area contributed by atoms with Crippen LogP contribution in [0.15, 0.2) is 54.6 Å². The smallest absolute Gasteiger partial charge is 0.324 e. The summed E-state index contributed by atoms with van der Waals surface area (Å²) < 4.78 is 14.9. The van der Waals surface area contributed by atoms with E-state index in [1.165, 1.54) is 27.3 Å². The number of methoxy groups -OCH3 is 1. The number of hydrazine groups is 1. The molecule has 352 valence electrons. The Bertz CT molecular complexity index is 2530. The van der Waals surface area contributed by atoms with Gasteiger partial charge in [0.05, 0.1) is 28.7 Å². The van der Waals surface area contributed by atoms with Crippen molar-refractivity contribution in [3.8, 4) is 22.5 Å². The minimum Gasteiger partial charge on any atom is -0.464 e. The third kappa shape index (κ3) is 8.72. The van der Waals surface area contributed by atoms with Crippen LogP contribution >= 0.6 is 11.3 Å². The van der Waals surface area contributed by atoms with E-state index in [1.807, 2.05) is 25.3 Å². The summed E-state index contributed by atoms with van der Waals surface area (Å²) >= 11 is 1.41. The molecule has 2 unspecified atom stereocenters. The van der Waals surface area contributed by atoms with Gasteiger partial charge in [-0.15, -0.1) is 11.3 Å². The third-order valence-electron chi connectivity index (χ3n) is 13.9. The first-order valence-corrected chi connectivity index (χ1v) is 24.0. The lowest BCUT2D eigenvalue weighted by molar-refractivity contribution is -0.156. The summed E-state index contributed by atoms with van der Waals surface area (Å²) in [7, 11) is 5.04. The summed E-state index contributed by atoms with van der Waals surface area (Å²) in [5, 5.41) is 8.13. The van der Waals surface area contributed by atoms with Crippen LogP contribution in [0.4, 0.5) is 4.79 Å². The number of nitrogens with one attached hydrogen (secondary N) is 2. The highest BCUT2D eigenvalue weighted by Crippen LogP contribution is 2.57. The van der Waals surface area contributed by atoms with Gasteiger partial charge in [0.1, 0.15) is 24.2 Å². The minimum absolute atomic E-state index is 0.0731. The van der Waals surface area contributed by atoms with E-state index in [4.69, 9.17) is 19.4 Å². The zero-order chi connectivity index (χ0) is 47.2. The van der Waals surface area contributed by atoms with Crippen molar-refractivity contribution in [3.63, 3.8) is 0 Å². The van der Waals surface area contributed by atoms with Crippen LogP contribution in [-0.4, -0.2) is 136 Å². The summed E-state index contributed by atoms with van der Waals surface area (Å²) in [6, 6.07) is 7.34. The number of cyclic esters (lactones) is 1. The topological polar surface area (TPSA) is 172 Å². The Morgan fingerprint density at radius 3 is 2.67 bits per heavy atom. The van der Waals surface area contributed by atoms with Crippen molar-refractivity contribution in [3.05, 3.63) is 70.8 Å². The molecule has 6 atom stereocenters. The fourth-order valence-corrected chi connectivity index (χ4v) is 11.5. The monoisotopic (exact) mass is 921 g/mol. The second kappa shape index (κ2) is 18.9. The number of esters is 1. The minimum atomic E-state index is -1.08. The van der Waals surface area contributed by atoms with Gasteiger partial charge in [0.2, 0.25) is 11.8 Å². The highest BCUT2D eigenvalue weighted by atomic mass is 32.1. The Labute approximate surface area is 390 Å². The fourth-order valence-electron chi connectivity index (χ4n) is 10.7. The van der Waals surface area contributed by atoms with E-state index in [0.29, 0.717) is 50.6 Å². The van der Waals surface area contributed by atoms with Crippen molar-refractivity contribution in [2.24, 2.45) is 17.3 Å². The van der Waals surface area contributed by atoms with E-state index in [2.05, 4.69) is 66.9 Å². The van der Waals surface area contributed by atoms with Crippen LogP contribution < -0.4 is 10.7 Å². The molecule has 1 aromatic carbocycles. The number of ether oxygens (including phenoxy) is 2. The van der Waals surface area contributed by atoms with Gasteiger partial charge >= 0.3 is 12.0 Å². The van der Waals surface area contributed by atoms with Gasteiger partial charge in [-0.25, -0.2) is 15.2 Å². The van der Waals surface area contributed by atoms with Crippen molar-refractivity contribution in [2.45, 2.75) is 97.0 Å². The van der Waals surface area contributed by atoms with Gasteiger partial charge in [-0.1, -0.05) is 40.3 Å². The molecule has 17 heteroatoms. The Morgan fingerprint density at radius 2 is 1.94 bits per heavy atom. The molecule has 0 spiro atoms. The van der Waals surface area contributed by atoms with E-state index >= 15 is 0 Å². The molecule has 66 heavy (non-hydrogen) atoms. The molecule has 0 saturated carbocycles. The molecule has 2 fully saturated rings. The number of likely N-dealkylation sites (tertiary alicyclic amines) is 1. The molecular formula is C49H63N9O7S. The molecule has 1 aliphatic carbocycles. The number of hydrogen-bond donors (Lipinski definition) is 2. The lowest BCUT2D eigenvalue weighted by Crippen LogP contribution is -2.62. The van der Waals surface area contributed by atoms with Gasteiger partial charge in [-0.3, -0.25) is 29.2 Å². The van der Waals surface area contributed by atoms with Crippen LogP contribution in [0.3, 0.4) is 0 Å². The van der Waals surface area contributed by atoms with Crippen molar-refractivity contribution in [1.29, 1.82) is 0 Å². The SMILES string of the molecule is C=CC(=O)N(C)C[C@@H]1CCN(C(=O)N(C)[C@H](C(=O)NC2Cc3nc(cs3)-c3ccc4c(c3)c3c(n4CC)-c4cccnc4[C@@H](OC)C3C(C)(C)COC(=O)[C@@H]3CCCN(N3)C2=O)C(C)C)C1. The number of aryl methyl sites for hydroxylation is 1. The normalized spacial score (nSPS) is 23.2. The molecule has 2 saturated heterocycles. The Kier molecular flexibility index (Phi) is 13.4. The molecule has 4 aromatic rings. The first kappa shape index (κ1) is 46.9. The number of nitrogens with zero attached hydrogens (tertiary/aromatic N) is 7. The van der Waals surface area contributed by atoms with E-state index in [0.717, 1.165) is 51.1 Å². The summed E-state index contributed by atoms with van der Waals surface area (Å²) in [5.41, 5.74) is 9.22. The van der Waals surface area contributed by atoms with Crippen molar-refractivity contribution < 1.29 is 33.4 Å². The second-order valence-corrected chi connectivity index (χ2v) is 20.2. The summed E-state index contributed by atoms with van der Waals surface area (Å²) in [6.07, 6.45) is 4.42. The largest absolute Gasteiger partial charge is 0.464 e. The van der Waals surface area contributed by atoms with Crippen LogP contribution in [0.5, 0.6) is 0 Å². The number of hydrogen-bond acceptors (Lipinski definition) is 11. The first-order valence-electron chi connectivity index (χ1n) is 23.1. The average Bonchev–Trinajstić information content (AvgIpc) is 4.06. The summed E-state index contributed by atoms with van der Waals surface area (Å²) in [6.45, 7) is 16.2. The quantitative estimate of drug-likeness (QED) is 0.155. The molecule has 3 aliphatic heterocycles. The molecule has 4 aliphatic rings. The number of carbonyl (C=O) groups is 5. The predicted molar refractivity (Wildman–Crippen MR) is 252 cm³/mol. The maximum atomic E-state index is 14.7. The number of benzene rings is 1. The van der Waals surface area contributed by atoms with Gasteiger partial charge in [0.25, 0.3) is 5.91 Å². The summed E-state index contributed by atoms with van der Waals surface area (Å²) in [5.74, 6) is -2.04. The van der Waals surface area contributed by atoms with E-state index < -0.39 is 47.4 Å². The third-order valence-corrected chi connectivity index (χ3v) is 14.8. The van der Waals surface area contributed by atoms with E-state index in [1.54, 1.807) is 37.2 Å². The van der Waals surface area contributed by atoms with Gasteiger partial charge in [0.15, 0.2) is 0 Å². The van der Waals surface area contributed by atoms with Crippen molar-refractivity contribution in [2.75, 3.05) is 54.0 Å². The summed E-state index contributed by atoms with van der Waals surface area (Å²) in [4.78, 5) is 84.2. The maximum absolute atomic E-state index is 14.7.